The molecule has 0 aliphatic carbocycles. The van der Waals surface area contributed by atoms with Gasteiger partial charge in [-0.25, -0.2) is 0 Å². The fraction of sp³-hybridized carbons (Fsp3) is 0.622. The predicted octanol–water partition coefficient (Wildman–Crippen LogP) is 6.58. The van der Waals surface area contributed by atoms with Crippen LogP contribution in [0.4, 0.5) is 5.69 Å². The van der Waals surface area contributed by atoms with Gasteiger partial charge in [0.25, 0.3) is 0 Å². The number of likely N-dealkylation sites (tertiary alicyclic amines) is 1. The van der Waals surface area contributed by atoms with Crippen LogP contribution in [0.5, 0.6) is 5.75 Å². The highest BCUT2D eigenvalue weighted by Gasteiger charge is 2.32. The molecule has 1 amide bonds. The van der Waals surface area contributed by atoms with Crippen LogP contribution in [-0.4, -0.2) is 123 Å². The number of rotatable bonds is 13. The summed E-state index contributed by atoms with van der Waals surface area (Å²) in [4.78, 5) is 28.3. The average molecular weight is 627 g/mol. The second kappa shape index (κ2) is 23.3. The van der Waals surface area contributed by atoms with Crippen LogP contribution in [0.2, 0.25) is 0 Å². The zero-order valence-corrected chi connectivity index (χ0v) is 30.6. The van der Waals surface area contributed by atoms with Gasteiger partial charge in [-0.1, -0.05) is 72.9 Å². The van der Waals surface area contributed by atoms with E-state index in [0.29, 0.717) is 25.0 Å². The van der Waals surface area contributed by atoms with Gasteiger partial charge in [0.1, 0.15) is 5.75 Å². The highest BCUT2D eigenvalue weighted by Crippen LogP contribution is 2.34. The van der Waals surface area contributed by atoms with E-state index >= 15 is 0 Å². The molecule has 0 bridgehead atoms. The van der Waals surface area contributed by atoms with Gasteiger partial charge in [0.05, 0.1) is 12.4 Å². The lowest BCUT2D eigenvalue weighted by molar-refractivity contribution is -0.126. The largest absolute Gasteiger partial charge is 0.508 e. The number of hydrogen-bond acceptors (Lipinski definition) is 6. The van der Waals surface area contributed by atoms with Gasteiger partial charge >= 0.3 is 0 Å². The Morgan fingerprint density at radius 3 is 2.22 bits per heavy atom. The van der Waals surface area contributed by atoms with Crippen molar-refractivity contribution < 1.29 is 9.90 Å². The van der Waals surface area contributed by atoms with Crippen LogP contribution < -0.4 is 4.90 Å². The number of aliphatic imine (C=N–C) groups is 1. The molecule has 45 heavy (non-hydrogen) atoms. The van der Waals surface area contributed by atoms with E-state index in [4.69, 9.17) is 4.99 Å². The van der Waals surface area contributed by atoms with Gasteiger partial charge in [-0.05, 0) is 65.0 Å². The van der Waals surface area contributed by atoms with Crippen molar-refractivity contribution in [2.45, 2.75) is 73.9 Å². The number of anilines is 1. The van der Waals surface area contributed by atoms with Crippen LogP contribution in [0.25, 0.3) is 12.2 Å². The van der Waals surface area contributed by atoms with Crippen molar-refractivity contribution in [2.24, 2.45) is 10.9 Å². The number of amides is 1. The lowest BCUT2D eigenvalue weighted by atomic mass is 9.90. The molecule has 2 heterocycles. The topological polar surface area (TPSA) is 65.9 Å². The molecule has 1 unspecified atom stereocenters. The van der Waals surface area contributed by atoms with E-state index in [2.05, 4.69) is 60.0 Å². The minimum atomic E-state index is -0.0193. The fourth-order valence-electron chi connectivity index (χ4n) is 5.43. The molecule has 0 radical (unpaired) electrons. The van der Waals surface area contributed by atoms with Gasteiger partial charge in [-0.15, -0.1) is 0 Å². The van der Waals surface area contributed by atoms with Crippen LogP contribution in [0.15, 0.2) is 42.4 Å². The van der Waals surface area contributed by atoms with Crippen molar-refractivity contribution in [3.8, 4) is 5.75 Å². The van der Waals surface area contributed by atoms with E-state index in [1.807, 2.05) is 78.8 Å². The summed E-state index contributed by atoms with van der Waals surface area (Å²) < 4.78 is 0. The van der Waals surface area contributed by atoms with E-state index in [0.717, 1.165) is 62.5 Å². The summed E-state index contributed by atoms with van der Waals surface area (Å²) in [5.41, 5.74) is 3.02. The van der Waals surface area contributed by atoms with Crippen molar-refractivity contribution in [2.75, 3.05) is 78.4 Å². The number of likely N-dealkylation sites (N-methyl/N-ethyl adjacent to an activating group) is 3. The molecule has 2 aliphatic heterocycles. The van der Waals surface area contributed by atoms with Crippen LogP contribution in [0.1, 0.15) is 72.9 Å². The molecule has 2 atom stereocenters. The summed E-state index contributed by atoms with van der Waals surface area (Å²) in [7, 11) is 6.38. The Morgan fingerprint density at radius 1 is 1.04 bits per heavy atom. The number of hydrogen-bond donors (Lipinski definition) is 1. The molecule has 256 valence electrons. The normalized spacial score (nSPS) is 18.0. The monoisotopic (exact) mass is 627 g/mol. The lowest BCUT2D eigenvalue weighted by Gasteiger charge is -2.43. The van der Waals surface area contributed by atoms with Gasteiger partial charge in [0, 0.05) is 75.7 Å². The van der Waals surface area contributed by atoms with Crippen molar-refractivity contribution in [1.82, 2.24) is 19.6 Å². The fourth-order valence-corrected chi connectivity index (χ4v) is 5.43. The van der Waals surface area contributed by atoms with Gasteiger partial charge in [0.15, 0.2) is 0 Å². The van der Waals surface area contributed by atoms with Crippen LogP contribution in [0.3, 0.4) is 0 Å². The van der Waals surface area contributed by atoms with E-state index < -0.39 is 0 Å². The van der Waals surface area contributed by atoms with Crippen molar-refractivity contribution in [3.05, 3.63) is 48.6 Å². The number of allylic oxidation sites excluding steroid dienone is 1. The molecule has 3 rings (SSSR count). The van der Waals surface area contributed by atoms with E-state index in [1.165, 1.54) is 6.08 Å². The average Bonchev–Trinajstić information content (AvgIpc) is 3.04. The molecule has 2 saturated heterocycles. The maximum absolute atomic E-state index is 12.1. The molecule has 1 aromatic rings. The first kappa shape index (κ1) is 41.9. The number of benzene rings is 1. The number of carbonyl (C=O) groups excluding carboxylic acids is 1. The third-order valence-electron chi connectivity index (χ3n) is 8.00. The highest BCUT2D eigenvalue weighted by molar-refractivity contribution is 5.86. The van der Waals surface area contributed by atoms with Gasteiger partial charge in [-0.2, -0.15) is 0 Å². The van der Waals surface area contributed by atoms with E-state index in [1.54, 1.807) is 12.1 Å². The number of phenols is 1. The maximum Gasteiger partial charge on any atom is 0.245 e. The van der Waals surface area contributed by atoms with Crippen LogP contribution >= 0.6 is 0 Å². The Kier molecular flexibility index (Phi) is 21.7. The van der Waals surface area contributed by atoms with Gasteiger partial charge < -0.3 is 29.6 Å². The number of piperidine rings is 1. The highest BCUT2D eigenvalue weighted by atomic mass is 16.3. The van der Waals surface area contributed by atoms with Crippen molar-refractivity contribution >= 4 is 30.1 Å². The molecule has 8 nitrogen and oxygen atoms in total. The van der Waals surface area contributed by atoms with Crippen LogP contribution in [-0.2, 0) is 4.79 Å². The van der Waals surface area contributed by atoms with Crippen LogP contribution in [0, 0.1) is 5.92 Å². The van der Waals surface area contributed by atoms with Gasteiger partial charge in [-0.3, -0.25) is 9.79 Å². The number of nitrogens with zero attached hydrogens (tertiary/aromatic N) is 6. The number of phenolic OH excluding ortho intramolecular Hbond substituents is 1. The third-order valence-corrected chi connectivity index (χ3v) is 8.00. The summed E-state index contributed by atoms with van der Waals surface area (Å²) in [6.45, 7) is 30.4. The Labute approximate surface area is 276 Å². The predicted molar refractivity (Wildman–Crippen MR) is 199 cm³/mol. The second-order valence-electron chi connectivity index (χ2n) is 11.0. The molecule has 0 spiro atoms. The smallest absolute Gasteiger partial charge is 0.245 e. The molecule has 0 aromatic heterocycles. The van der Waals surface area contributed by atoms with E-state index in [-0.39, 0.29) is 17.7 Å². The Morgan fingerprint density at radius 2 is 1.69 bits per heavy atom. The summed E-state index contributed by atoms with van der Waals surface area (Å²) in [5, 5.41) is 10.5. The maximum atomic E-state index is 12.1. The first-order valence-electron chi connectivity index (χ1n) is 17.1. The Balaban J connectivity index is 0.00000304. The quantitative estimate of drug-likeness (QED) is 0.152. The minimum Gasteiger partial charge on any atom is -0.508 e. The Hall–Kier alpha value is -3.10. The number of carbonyl (C=O) groups is 1. The zero-order chi connectivity index (χ0) is 34.5. The Bertz CT molecular complexity index is 1050. The molecular weight excluding hydrogens is 560 g/mol. The lowest BCUT2D eigenvalue weighted by Crippen LogP contribution is -2.56. The van der Waals surface area contributed by atoms with Gasteiger partial charge in [0.2, 0.25) is 5.91 Å². The molecular formula is C37H66N6O2. The molecule has 8 heteroatoms. The summed E-state index contributed by atoms with van der Waals surface area (Å²) in [5.74, 6) is 0.620. The van der Waals surface area contributed by atoms with E-state index in [9.17, 15) is 9.90 Å². The molecule has 1 aromatic carbocycles. The first-order chi connectivity index (χ1) is 21.7. The minimum absolute atomic E-state index is 0.0193. The third kappa shape index (κ3) is 13.0. The molecule has 2 fully saturated rings. The molecule has 0 saturated carbocycles. The summed E-state index contributed by atoms with van der Waals surface area (Å²) in [6.07, 6.45) is 10.4. The molecule has 1 N–H and O–H groups in total. The number of aromatic hydroxyl groups is 1. The van der Waals surface area contributed by atoms with Crippen molar-refractivity contribution in [3.63, 3.8) is 0 Å². The summed E-state index contributed by atoms with van der Waals surface area (Å²) in [6, 6.07) is 4.33. The first-order valence-corrected chi connectivity index (χ1v) is 17.1. The molecule has 2 aliphatic rings. The standard InChI is InChI=1S/C31H48N6O2.3C2H6/c1-8-12-28-24(9-2)17-27(38)18-30(28)37-14-13-25(19-34(7)15-16-36(11-4)31(39)10-3)29(22-37)32-23-35-20-26(21-35)33(5)6;3*1-2/h8-10,12,17-18,23,25-26,29,38H,2-3,11,13-16,19-22H2,1,4-7H3;3*1-2H3/b12-8-,32-23?;;;/t25-,29?;;;/m1.../s1. The SMILES string of the molecule is C=CC(=O)N(CC)CCN(C)C[C@H]1CCN(c2cc(O)cc(C=C)c2/C=C\C)CC1N=CN1CC(N(C)C)C1.CC.CC.CC. The second-order valence-corrected chi connectivity index (χ2v) is 11.0. The zero-order valence-electron chi connectivity index (χ0n) is 30.6. The summed E-state index contributed by atoms with van der Waals surface area (Å²) >= 11 is 0. The van der Waals surface area contributed by atoms with Crippen molar-refractivity contribution in [1.29, 1.82) is 0 Å².